The zero-order chi connectivity index (χ0) is 18.2. The average Bonchev–Trinajstić information content (AvgIpc) is 2.66. The minimum atomic E-state index is -0.0762. The molecule has 0 aromatic heterocycles. The third-order valence-electron chi connectivity index (χ3n) is 4.86. The van der Waals surface area contributed by atoms with Gasteiger partial charge in [-0.25, -0.2) is 0 Å². The fourth-order valence-corrected chi connectivity index (χ4v) is 3.25. The SMILES string of the molecule is CCC(=O)N1CCC[C@H](C(=O)N[C@H](C)CCc2ccc(OC)cc2)C1. The third kappa shape index (κ3) is 5.76. The summed E-state index contributed by atoms with van der Waals surface area (Å²) in [6, 6.07) is 8.15. The summed E-state index contributed by atoms with van der Waals surface area (Å²) in [4.78, 5) is 26.2. The van der Waals surface area contributed by atoms with Crippen molar-refractivity contribution in [3.8, 4) is 5.75 Å². The Labute approximate surface area is 150 Å². The Balaban J connectivity index is 1.77. The first kappa shape index (κ1) is 19.3. The number of aryl methyl sites for hydroxylation is 1. The Hall–Kier alpha value is -2.04. The molecule has 0 unspecified atom stereocenters. The van der Waals surface area contributed by atoms with Crippen molar-refractivity contribution in [3.05, 3.63) is 29.8 Å². The van der Waals surface area contributed by atoms with E-state index in [0.29, 0.717) is 13.0 Å². The van der Waals surface area contributed by atoms with Gasteiger partial charge in [-0.3, -0.25) is 9.59 Å². The molecular formula is C20H30N2O3. The lowest BCUT2D eigenvalue weighted by atomic mass is 9.96. The number of piperidine rings is 1. The van der Waals surface area contributed by atoms with E-state index in [4.69, 9.17) is 4.74 Å². The van der Waals surface area contributed by atoms with Crippen LogP contribution in [0.4, 0.5) is 0 Å². The van der Waals surface area contributed by atoms with Crippen LogP contribution in [0.2, 0.25) is 0 Å². The second-order valence-corrected chi connectivity index (χ2v) is 6.83. The lowest BCUT2D eigenvalue weighted by molar-refractivity contribution is -0.135. The van der Waals surface area contributed by atoms with E-state index in [2.05, 4.69) is 17.4 Å². The molecule has 1 aliphatic heterocycles. The highest BCUT2D eigenvalue weighted by atomic mass is 16.5. The monoisotopic (exact) mass is 346 g/mol. The third-order valence-corrected chi connectivity index (χ3v) is 4.86. The van der Waals surface area contributed by atoms with E-state index in [-0.39, 0.29) is 23.8 Å². The highest BCUT2D eigenvalue weighted by Gasteiger charge is 2.28. The van der Waals surface area contributed by atoms with Gasteiger partial charge in [-0.05, 0) is 50.3 Å². The molecule has 1 N–H and O–H groups in total. The molecule has 2 atom stereocenters. The number of benzene rings is 1. The van der Waals surface area contributed by atoms with Gasteiger partial charge in [-0.1, -0.05) is 19.1 Å². The molecule has 2 rings (SSSR count). The van der Waals surface area contributed by atoms with E-state index in [1.807, 2.05) is 30.9 Å². The molecule has 0 spiro atoms. The van der Waals surface area contributed by atoms with Gasteiger partial charge in [-0.15, -0.1) is 0 Å². The van der Waals surface area contributed by atoms with Gasteiger partial charge in [0.25, 0.3) is 0 Å². The Morgan fingerprint density at radius 1 is 1.32 bits per heavy atom. The molecule has 1 fully saturated rings. The Morgan fingerprint density at radius 3 is 2.68 bits per heavy atom. The first-order valence-electron chi connectivity index (χ1n) is 9.24. The van der Waals surface area contributed by atoms with E-state index in [0.717, 1.165) is 38.0 Å². The number of nitrogens with one attached hydrogen (secondary N) is 1. The number of amides is 2. The van der Waals surface area contributed by atoms with Crippen molar-refractivity contribution in [2.45, 2.75) is 52.0 Å². The van der Waals surface area contributed by atoms with Crippen LogP contribution in [0.15, 0.2) is 24.3 Å². The maximum atomic E-state index is 12.5. The topological polar surface area (TPSA) is 58.6 Å². The van der Waals surface area contributed by atoms with E-state index in [9.17, 15) is 9.59 Å². The maximum Gasteiger partial charge on any atom is 0.225 e. The summed E-state index contributed by atoms with van der Waals surface area (Å²) in [6.07, 6.45) is 4.08. The summed E-state index contributed by atoms with van der Waals surface area (Å²) in [5, 5.41) is 3.12. The molecule has 1 saturated heterocycles. The number of rotatable bonds is 7. The van der Waals surface area contributed by atoms with E-state index < -0.39 is 0 Å². The molecule has 1 aromatic rings. The van der Waals surface area contributed by atoms with Crippen LogP contribution in [0.25, 0.3) is 0 Å². The van der Waals surface area contributed by atoms with Gasteiger partial charge in [-0.2, -0.15) is 0 Å². The summed E-state index contributed by atoms with van der Waals surface area (Å²) in [5.74, 6) is 1.00. The van der Waals surface area contributed by atoms with Crippen LogP contribution >= 0.6 is 0 Å². The largest absolute Gasteiger partial charge is 0.497 e. The van der Waals surface area contributed by atoms with Crippen LogP contribution in [0, 0.1) is 5.92 Å². The summed E-state index contributed by atoms with van der Waals surface area (Å²) < 4.78 is 5.16. The molecular weight excluding hydrogens is 316 g/mol. The van der Waals surface area contributed by atoms with Gasteiger partial charge >= 0.3 is 0 Å². The number of hydrogen-bond acceptors (Lipinski definition) is 3. The van der Waals surface area contributed by atoms with Crippen molar-refractivity contribution in [2.24, 2.45) is 5.92 Å². The zero-order valence-corrected chi connectivity index (χ0v) is 15.6. The Kier molecular flexibility index (Phi) is 7.29. The summed E-state index contributed by atoms with van der Waals surface area (Å²) in [6.45, 7) is 5.25. The summed E-state index contributed by atoms with van der Waals surface area (Å²) in [7, 11) is 1.66. The predicted octanol–water partition coefficient (Wildman–Crippen LogP) is 2.78. The fraction of sp³-hybridized carbons (Fsp3) is 0.600. The number of carbonyl (C=O) groups excluding carboxylic acids is 2. The standard InChI is InChI=1S/C20H30N2O3/c1-4-19(23)22-13-5-6-17(14-22)20(24)21-15(2)7-8-16-9-11-18(25-3)12-10-16/h9-12,15,17H,4-8,13-14H2,1-3H3,(H,21,24)/t15-,17+/m1/s1. The first-order chi connectivity index (χ1) is 12.0. The summed E-state index contributed by atoms with van der Waals surface area (Å²) >= 11 is 0. The van der Waals surface area contributed by atoms with Crippen molar-refractivity contribution in [1.82, 2.24) is 10.2 Å². The normalized spacial score (nSPS) is 18.5. The molecule has 5 nitrogen and oxygen atoms in total. The highest BCUT2D eigenvalue weighted by molar-refractivity contribution is 5.81. The fourth-order valence-electron chi connectivity index (χ4n) is 3.25. The van der Waals surface area contributed by atoms with Crippen molar-refractivity contribution in [2.75, 3.05) is 20.2 Å². The molecule has 0 radical (unpaired) electrons. The van der Waals surface area contributed by atoms with Crippen molar-refractivity contribution < 1.29 is 14.3 Å². The van der Waals surface area contributed by atoms with Crippen LogP contribution in [0.3, 0.4) is 0 Å². The van der Waals surface area contributed by atoms with Gasteiger partial charge in [0.1, 0.15) is 5.75 Å². The molecule has 1 heterocycles. The highest BCUT2D eigenvalue weighted by Crippen LogP contribution is 2.18. The lowest BCUT2D eigenvalue weighted by Gasteiger charge is -2.32. The Morgan fingerprint density at radius 2 is 2.04 bits per heavy atom. The number of carbonyl (C=O) groups is 2. The van der Waals surface area contributed by atoms with Crippen molar-refractivity contribution in [1.29, 1.82) is 0 Å². The molecule has 138 valence electrons. The second kappa shape index (κ2) is 9.44. The molecule has 0 saturated carbocycles. The first-order valence-corrected chi connectivity index (χ1v) is 9.24. The number of ether oxygens (including phenoxy) is 1. The van der Waals surface area contributed by atoms with Gasteiger partial charge < -0.3 is 15.0 Å². The number of likely N-dealkylation sites (tertiary alicyclic amines) is 1. The van der Waals surface area contributed by atoms with Crippen molar-refractivity contribution in [3.63, 3.8) is 0 Å². The molecule has 1 aromatic carbocycles. The molecule has 25 heavy (non-hydrogen) atoms. The van der Waals surface area contributed by atoms with Crippen LogP contribution in [0.1, 0.15) is 45.1 Å². The minimum absolute atomic E-state index is 0.0762. The van der Waals surface area contributed by atoms with Gasteiger partial charge in [0.05, 0.1) is 13.0 Å². The predicted molar refractivity (Wildman–Crippen MR) is 98.5 cm³/mol. The smallest absolute Gasteiger partial charge is 0.225 e. The van der Waals surface area contributed by atoms with Crippen LogP contribution in [0.5, 0.6) is 5.75 Å². The zero-order valence-electron chi connectivity index (χ0n) is 15.6. The number of nitrogens with zero attached hydrogens (tertiary/aromatic N) is 1. The average molecular weight is 346 g/mol. The van der Waals surface area contributed by atoms with Crippen LogP contribution in [-0.2, 0) is 16.0 Å². The minimum Gasteiger partial charge on any atom is -0.497 e. The molecule has 0 aliphatic carbocycles. The lowest BCUT2D eigenvalue weighted by Crippen LogP contribution is -2.47. The molecule has 0 bridgehead atoms. The van der Waals surface area contributed by atoms with Gasteiger partial charge in [0, 0.05) is 25.6 Å². The van der Waals surface area contributed by atoms with Gasteiger partial charge in [0.15, 0.2) is 0 Å². The second-order valence-electron chi connectivity index (χ2n) is 6.83. The number of methoxy groups -OCH3 is 1. The van der Waals surface area contributed by atoms with Crippen LogP contribution in [-0.4, -0.2) is 43.0 Å². The maximum absolute atomic E-state index is 12.5. The van der Waals surface area contributed by atoms with Crippen LogP contribution < -0.4 is 10.1 Å². The molecule has 5 heteroatoms. The quantitative estimate of drug-likeness (QED) is 0.826. The molecule has 2 amide bonds. The Bertz CT molecular complexity index is 571. The summed E-state index contributed by atoms with van der Waals surface area (Å²) in [5.41, 5.74) is 1.24. The number of hydrogen-bond donors (Lipinski definition) is 1. The van der Waals surface area contributed by atoms with E-state index >= 15 is 0 Å². The molecule has 1 aliphatic rings. The van der Waals surface area contributed by atoms with E-state index in [1.165, 1.54) is 5.56 Å². The van der Waals surface area contributed by atoms with E-state index in [1.54, 1.807) is 7.11 Å². The van der Waals surface area contributed by atoms with Crippen molar-refractivity contribution >= 4 is 11.8 Å². The van der Waals surface area contributed by atoms with Gasteiger partial charge in [0.2, 0.25) is 11.8 Å².